The summed E-state index contributed by atoms with van der Waals surface area (Å²) in [5, 5.41) is 0. The van der Waals surface area contributed by atoms with Crippen LogP contribution in [0.15, 0.2) is 255 Å². The molecule has 0 N–H and O–H groups in total. The van der Waals surface area contributed by atoms with Gasteiger partial charge in [-0.05, 0) is 202 Å². The topological polar surface area (TPSA) is 9.23 Å². The number of hydrogen-bond acceptors (Lipinski definition) is 1. The molecule has 0 atom stereocenters. The van der Waals surface area contributed by atoms with E-state index < -0.39 is 58.8 Å². The van der Waals surface area contributed by atoms with Crippen molar-refractivity contribution < 1.29 is 68.9 Å². The lowest BCUT2D eigenvalue weighted by Crippen LogP contribution is -2.16. The first kappa shape index (κ1) is 72.0. The molecule has 0 aliphatic rings. The van der Waals surface area contributed by atoms with Crippen LogP contribution in [0.25, 0.3) is 89.0 Å². The van der Waals surface area contributed by atoms with Crippen molar-refractivity contribution in [2.75, 3.05) is 0 Å². The summed E-state index contributed by atoms with van der Waals surface area (Å²) in [4.78, 5) is 0. The molecule has 14 heteroatoms. The van der Waals surface area contributed by atoms with Crippen LogP contribution < -0.4 is 4.74 Å². The van der Waals surface area contributed by atoms with Crippen LogP contribution in [0.4, 0.5) is 57.1 Å². The van der Waals surface area contributed by atoms with Gasteiger partial charge in [0, 0.05) is 23.8 Å². The van der Waals surface area contributed by atoms with Crippen molar-refractivity contribution in [3.8, 4) is 143 Å². The van der Waals surface area contributed by atoms with Crippen molar-refractivity contribution >= 4 is 0 Å². The summed E-state index contributed by atoms with van der Waals surface area (Å²) in [6, 6.07) is 70.9. The lowest BCUT2D eigenvalue weighted by atomic mass is 9.98. The standard InChI is InChI=1S/C27H12F4.C20H15F3O.C20H15F3.C19H13F3.5H2/c1-3-4-5-6-7-8-9-21-15-17-23(27(31)25(21)29)20-13-11-19(12-14-20)22-16-10-18(2)24(28)26(22)30;1-14-2-4-15(5-3-14)16-6-8-17(9-7-16)18-10-12-19(13-11-18)24-20(21,22)23;1-14-2-4-15(5-3-14)16-6-8-17(9-7-16)18-10-12-19(13-11-18)20(21,22)23;1-12-2-4-13(5-3-12)14-6-8-16(18(21)10-14)15-7-9-17(20)19(22)11-15;;;;;/h1,10-17H,2H3;2-13H,1H3;2-13H,1H3;2-11H,1H3;5*1H. The van der Waals surface area contributed by atoms with Crippen LogP contribution in [0.5, 0.6) is 5.75 Å². The summed E-state index contributed by atoms with van der Waals surface area (Å²) in [6.07, 6.45) is -4.03. The van der Waals surface area contributed by atoms with Gasteiger partial charge in [0.25, 0.3) is 0 Å². The number of terminal acetylenes is 1. The molecule has 0 spiro atoms. The highest BCUT2D eigenvalue weighted by Gasteiger charge is 2.31. The molecule has 0 amide bonds. The van der Waals surface area contributed by atoms with E-state index in [1.54, 1.807) is 24.3 Å². The summed E-state index contributed by atoms with van der Waals surface area (Å²) in [5.41, 5.74) is 13.9. The Bertz CT molecular complexity index is 5100. The highest BCUT2D eigenvalue weighted by molar-refractivity contribution is 5.75. The highest BCUT2D eigenvalue weighted by Crippen LogP contribution is 2.36. The Balaban J connectivity index is 0.000000294. The summed E-state index contributed by atoms with van der Waals surface area (Å²) < 4.78 is 176. The van der Waals surface area contributed by atoms with E-state index in [0.717, 1.165) is 85.5 Å². The first-order valence-electron chi connectivity index (χ1n) is 30.5. The first-order valence-corrected chi connectivity index (χ1v) is 30.5. The third-order valence-corrected chi connectivity index (χ3v) is 15.5. The molecule has 0 radical (unpaired) electrons. The normalized spacial score (nSPS) is 10.6. The summed E-state index contributed by atoms with van der Waals surface area (Å²) >= 11 is 0. The van der Waals surface area contributed by atoms with Gasteiger partial charge in [0.15, 0.2) is 34.9 Å². The van der Waals surface area contributed by atoms with Crippen LogP contribution in [0.3, 0.4) is 0 Å². The van der Waals surface area contributed by atoms with Crippen LogP contribution in [0, 0.1) is 116 Å². The zero-order valence-corrected chi connectivity index (χ0v) is 53.6. The Hall–Kier alpha value is -12.2. The minimum atomic E-state index is -4.67. The van der Waals surface area contributed by atoms with E-state index in [9.17, 15) is 57.1 Å². The number of rotatable bonds is 9. The zero-order valence-electron chi connectivity index (χ0n) is 53.6. The third-order valence-electron chi connectivity index (χ3n) is 15.5. The second-order valence-corrected chi connectivity index (χ2v) is 22.5. The Kier molecular flexibility index (Phi) is 23.5. The van der Waals surface area contributed by atoms with Crippen LogP contribution in [-0.2, 0) is 6.18 Å². The predicted molar refractivity (Wildman–Crippen MR) is 381 cm³/mol. The maximum Gasteiger partial charge on any atom is 0.573 e. The lowest BCUT2D eigenvalue weighted by molar-refractivity contribution is -0.274. The van der Waals surface area contributed by atoms with Gasteiger partial charge in [0.1, 0.15) is 11.6 Å². The minimum Gasteiger partial charge on any atom is -0.406 e. The number of ether oxygens (including phenoxy) is 1. The molecule has 0 aromatic heterocycles. The van der Waals surface area contributed by atoms with E-state index in [1.165, 1.54) is 103 Å². The van der Waals surface area contributed by atoms with Gasteiger partial charge >= 0.3 is 12.5 Å². The van der Waals surface area contributed by atoms with Crippen molar-refractivity contribution in [2.45, 2.75) is 40.2 Å². The van der Waals surface area contributed by atoms with E-state index >= 15 is 0 Å². The molecule has 0 fully saturated rings. The van der Waals surface area contributed by atoms with Crippen LogP contribution >= 0.6 is 0 Å². The third kappa shape index (κ3) is 19.3. The number of halogens is 13. The number of hydrogen-bond donors (Lipinski definition) is 0. The maximum absolute atomic E-state index is 14.6. The second-order valence-electron chi connectivity index (χ2n) is 22.5. The lowest BCUT2D eigenvalue weighted by Gasteiger charge is -2.10. The molecule has 0 aliphatic carbocycles. The summed E-state index contributed by atoms with van der Waals surface area (Å²) in [6.45, 7) is 7.53. The molecule has 12 aromatic rings. The number of benzene rings is 12. The Morgan fingerprint density at radius 3 is 1.06 bits per heavy atom. The van der Waals surface area contributed by atoms with Gasteiger partial charge in [-0.2, -0.15) is 13.2 Å². The average Bonchev–Trinajstić information content (AvgIpc) is 0.803. The first-order chi connectivity index (χ1) is 47.8. The molecule has 100 heavy (non-hydrogen) atoms. The van der Waals surface area contributed by atoms with Gasteiger partial charge < -0.3 is 4.74 Å². The fourth-order valence-corrected chi connectivity index (χ4v) is 10.0. The fourth-order valence-electron chi connectivity index (χ4n) is 10.0. The Morgan fingerprint density at radius 1 is 0.300 bits per heavy atom. The molecule has 0 saturated heterocycles. The smallest absolute Gasteiger partial charge is 0.406 e. The molecule has 1 nitrogen and oxygen atoms in total. The van der Waals surface area contributed by atoms with Crippen LogP contribution in [-0.4, -0.2) is 6.36 Å². The zero-order chi connectivity index (χ0) is 71.7. The largest absolute Gasteiger partial charge is 0.573 e. The quantitative estimate of drug-likeness (QED) is 0.103. The van der Waals surface area contributed by atoms with Crippen LogP contribution in [0.1, 0.15) is 40.5 Å². The highest BCUT2D eigenvalue weighted by atomic mass is 19.4. The van der Waals surface area contributed by atoms with E-state index in [2.05, 4.69) is 94.7 Å². The monoisotopic (exact) mass is 1360 g/mol. The molecule has 0 unspecified atom stereocenters. The van der Waals surface area contributed by atoms with Gasteiger partial charge in [0.05, 0.1) is 11.1 Å². The number of alkyl halides is 6. The summed E-state index contributed by atoms with van der Waals surface area (Å²) in [7, 11) is 0. The van der Waals surface area contributed by atoms with E-state index in [-0.39, 0.29) is 40.7 Å². The molecular formula is C86H65F13O. The predicted octanol–water partition coefficient (Wildman–Crippen LogP) is 25.4. The summed E-state index contributed by atoms with van der Waals surface area (Å²) in [5.74, 6) is 9.54. The molecule has 0 heterocycles. The molecule has 0 saturated carbocycles. The SMILES string of the molecule is C#CC#CC#CC#Cc1ccc(-c2ccc(-c3ccc(C)c(F)c3F)cc2)c(F)c1F.Cc1ccc(-c2ccc(-c3ccc(C(F)(F)F)cc3)cc2)cc1.Cc1ccc(-c2ccc(-c3ccc(F)c(F)c3)c(F)c2)cc1.Cc1ccc(-c2ccc(-c3ccc(OC(F)(F)F)cc3)cc2)cc1.[HH].[HH].[HH].[HH].[HH]. The van der Waals surface area contributed by atoms with Crippen molar-refractivity contribution in [3.63, 3.8) is 0 Å². The van der Waals surface area contributed by atoms with E-state index in [0.29, 0.717) is 16.7 Å². The molecule has 506 valence electrons. The second kappa shape index (κ2) is 32.7. The van der Waals surface area contributed by atoms with E-state index in [4.69, 9.17) is 6.42 Å². The maximum atomic E-state index is 14.6. The molecular weight excluding hydrogens is 1300 g/mol. The van der Waals surface area contributed by atoms with Gasteiger partial charge in [-0.1, -0.05) is 217 Å². The van der Waals surface area contributed by atoms with Gasteiger partial charge in [-0.15, -0.1) is 19.6 Å². The van der Waals surface area contributed by atoms with Gasteiger partial charge in [-0.25, -0.2) is 30.7 Å². The molecule has 0 aliphatic heterocycles. The van der Waals surface area contributed by atoms with Crippen molar-refractivity contribution in [1.29, 1.82) is 0 Å². The Morgan fingerprint density at radius 2 is 0.640 bits per heavy atom. The number of aryl methyl sites for hydroxylation is 4. The average molecular weight is 1360 g/mol. The van der Waals surface area contributed by atoms with Crippen molar-refractivity contribution in [1.82, 2.24) is 0 Å². The minimum absolute atomic E-state index is 0. The van der Waals surface area contributed by atoms with Crippen LogP contribution in [0.2, 0.25) is 0 Å². The van der Waals surface area contributed by atoms with Crippen molar-refractivity contribution in [3.05, 3.63) is 329 Å². The molecule has 12 aromatic carbocycles. The van der Waals surface area contributed by atoms with E-state index in [1.807, 2.05) is 93.6 Å². The molecule has 0 bridgehead atoms. The Labute approximate surface area is 578 Å². The van der Waals surface area contributed by atoms with Gasteiger partial charge in [-0.3, -0.25) is 0 Å². The molecule has 12 rings (SSSR count). The fraction of sp³-hybridized carbons (Fsp3) is 0.0698. The van der Waals surface area contributed by atoms with Crippen molar-refractivity contribution in [2.24, 2.45) is 0 Å². The van der Waals surface area contributed by atoms with Gasteiger partial charge in [0.2, 0.25) is 0 Å².